The largest absolute Gasteiger partial charge is 0.493 e. The Labute approximate surface area is 227 Å². The van der Waals surface area contributed by atoms with E-state index in [0.717, 1.165) is 17.5 Å². The number of aliphatic hydroxyl groups excluding tert-OH is 2. The molecule has 0 saturated heterocycles. The van der Waals surface area contributed by atoms with E-state index < -0.39 is 65.7 Å². The average Bonchev–Trinajstić information content (AvgIpc) is 3.26. The summed E-state index contributed by atoms with van der Waals surface area (Å²) in [6.45, 7) is 2.11. The summed E-state index contributed by atoms with van der Waals surface area (Å²) in [6.07, 6.45) is -5.44. The Kier molecular flexibility index (Phi) is 6.79. The highest BCUT2D eigenvalue weighted by atomic mass is 16.6. The number of methoxy groups -OCH3 is 1. The highest BCUT2D eigenvalue weighted by molar-refractivity contribution is 5.87. The van der Waals surface area contributed by atoms with Gasteiger partial charge in [-0.3, -0.25) is 4.79 Å². The van der Waals surface area contributed by atoms with Gasteiger partial charge in [0.15, 0.2) is 29.8 Å². The molecule has 3 aliphatic carbocycles. The molecule has 1 saturated carbocycles. The number of hydrogen-bond donors (Lipinski definition) is 5. The maximum atomic E-state index is 12.9. The fraction of sp³-hybridized carbons (Fsp3) is 0.556. The summed E-state index contributed by atoms with van der Waals surface area (Å²) in [5.41, 5.74) is -0.266. The van der Waals surface area contributed by atoms with Crippen LogP contribution in [0.25, 0.3) is 0 Å². The molecule has 13 nitrogen and oxygen atoms in total. The topological polar surface area (TPSA) is 206 Å². The van der Waals surface area contributed by atoms with Crippen LogP contribution in [0.2, 0.25) is 0 Å². The fourth-order valence-electron chi connectivity index (χ4n) is 6.94. The first-order valence-corrected chi connectivity index (χ1v) is 12.9. The molecule has 0 aromatic heterocycles. The minimum absolute atomic E-state index is 0.0731. The van der Waals surface area contributed by atoms with Crippen molar-refractivity contribution in [1.82, 2.24) is 0 Å². The summed E-state index contributed by atoms with van der Waals surface area (Å²) in [7, 11) is 1.50. The van der Waals surface area contributed by atoms with Crippen molar-refractivity contribution >= 4 is 23.9 Å². The Bertz CT molecular complexity index is 1300. The van der Waals surface area contributed by atoms with Crippen LogP contribution in [0.4, 0.5) is 0 Å². The van der Waals surface area contributed by atoms with Gasteiger partial charge >= 0.3 is 23.9 Å². The number of aliphatic carboxylic acids is 2. The minimum Gasteiger partial charge on any atom is -0.493 e. The molecule has 5 N–H and O–H groups in total. The number of carbonyl (C=O) groups is 4. The normalized spacial score (nSPS) is 31.4. The van der Waals surface area contributed by atoms with Crippen molar-refractivity contribution in [1.29, 1.82) is 0 Å². The van der Waals surface area contributed by atoms with Gasteiger partial charge in [0.25, 0.3) is 0 Å². The summed E-state index contributed by atoms with van der Waals surface area (Å²) < 4.78 is 22.0. The van der Waals surface area contributed by atoms with Crippen LogP contribution < -0.4 is 9.47 Å². The number of rotatable bonds is 9. The van der Waals surface area contributed by atoms with Crippen molar-refractivity contribution in [2.75, 3.05) is 7.11 Å². The van der Waals surface area contributed by atoms with Crippen LogP contribution in [0.15, 0.2) is 24.0 Å². The SMILES string of the molecule is COc1ccc2c3c1O[C@H]1C(OC(=O)C[C@H](OC(=O)[C@H](O)[C@@H](O)C(=O)O)C(=O)O)=CC[C@@]4(O)[C@@H](C2)C(C)CC[C@]314. The van der Waals surface area contributed by atoms with Gasteiger partial charge in [-0.25, -0.2) is 14.4 Å². The third kappa shape index (κ3) is 3.94. The first-order chi connectivity index (χ1) is 18.9. The molecule has 1 fully saturated rings. The predicted octanol–water partition coefficient (Wildman–Crippen LogP) is 0.0510. The molecule has 1 unspecified atom stereocenters. The Morgan fingerprint density at radius 2 is 1.85 bits per heavy atom. The number of benzene rings is 1. The summed E-state index contributed by atoms with van der Waals surface area (Å²) in [6, 6.07) is 3.76. The monoisotopic (exact) mass is 562 g/mol. The molecule has 8 atom stereocenters. The molecule has 40 heavy (non-hydrogen) atoms. The molecule has 0 radical (unpaired) electrons. The fourth-order valence-corrected chi connectivity index (χ4v) is 6.94. The van der Waals surface area contributed by atoms with Crippen LogP contribution in [0.5, 0.6) is 11.5 Å². The predicted molar refractivity (Wildman–Crippen MR) is 130 cm³/mol. The molecular formula is C27H30O13. The van der Waals surface area contributed by atoms with Gasteiger partial charge in [0.2, 0.25) is 6.10 Å². The summed E-state index contributed by atoms with van der Waals surface area (Å²) in [4.78, 5) is 47.3. The molecule has 0 amide bonds. The molecule has 216 valence electrons. The van der Waals surface area contributed by atoms with Gasteiger partial charge < -0.3 is 44.5 Å². The Morgan fingerprint density at radius 1 is 1.12 bits per heavy atom. The second-order valence-electron chi connectivity index (χ2n) is 10.8. The van der Waals surface area contributed by atoms with E-state index in [9.17, 15) is 39.6 Å². The molecule has 1 aliphatic heterocycles. The zero-order chi connectivity index (χ0) is 29.1. The molecule has 1 aromatic rings. The Morgan fingerprint density at radius 3 is 2.50 bits per heavy atom. The number of carboxylic acids is 2. The molecule has 4 aliphatic rings. The van der Waals surface area contributed by atoms with Crippen molar-refractivity contribution in [2.45, 2.75) is 74.5 Å². The van der Waals surface area contributed by atoms with E-state index in [1.807, 2.05) is 6.07 Å². The van der Waals surface area contributed by atoms with Gasteiger partial charge in [-0.1, -0.05) is 13.0 Å². The molecule has 1 aromatic carbocycles. The van der Waals surface area contributed by atoms with E-state index in [2.05, 4.69) is 11.7 Å². The minimum atomic E-state index is -2.57. The summed E-state index contributed by atoms with van der Waals surface area (Å²) in [5.74, 6) is -5.38. The number of carbonyl (C=O) groups excluding carboxylic acids is 2. The van der Waals surface area contributed by atoms with Crippen molar-refractivity contribution in [3.8, 4) is 11.5 Å². The highest BCUT2D eigenvalue weighted by Gasteiger charge is 2.72. The molecular weight excluding hydrogens is 532 g/mol. The quantitative estimate of drug-likeness (QED) is 0.253. The lowest BCUT2D eigenvalue weighted by Crippen LogP contribution is -2.69. The molecule has 1 heterocycles. The maximum Gasteiger partial charge on any atom is 0.345 e. The number of esters is 2. The van der Waals surface area contributed by atoms with Gasteiger partial charge in [0.1, 0.15) is 5.76 Å². The number of ether oxygens (including phenoxy) is 4. The lowest BCUT2D eigenvalue weighted by molar-refractivity contribution is -0.181. The van der Waals surface area contributed by atoms with Gasteiger partial charge in [-0.15, -0.1) is 0 Å². The molecule has 5 rings (SSSR count). The zero-order valence-corrected chi connectivity index (χ0v) is 21.7. The van der Waals surface area contributed by atoms with Crippen LogP contribution in [-0.4, -0.2) is 86.5 Å². The second kappa shape index (κ2) is 9.75. The highest BCUT2D eigenvalue weighted by Crippen LogP contribution is 2.68. The lowest BCUT2D eigenvalue weighted by atomic mass is 9.45. The number of hydrogen-bond acceptors (Lipinski definition) is 11. The van der Waals surface area contributed by atoms with Gasteiger partial charge in [0.05, 0.1) is 24.5 Å². The first kappa shape index (κ1) is 27.9. The van der Waals surface area contributed by atoms with Crippen molar-refractivity contribution in [3.63, 3.8) is 0 Å². The second-order valence-corrected chi connectivity index (χ2v) is 10.8. The molecule has 1 spiro atoms. The average molecular weight is 563 g/mol. The maximum absolute atomic E-state index is 12.9. The van der Waals surface area contributed by atoms with Crippen molar-refractivity contribution in [3.05, 3.63) is 35.1 Å². The number of carboxylic acid groups (broad SMARTS) is 2. The third-order valence-electron chi connectivity index (χ3n) is 8.85. The van der Waals surface area contributed by atoms with Gasteiger partial charge in [-0.2, -0.15) is 0 Å². The van der Waals surface area contributed by atoms with Crippen LogP contribution in [0.3, 0.4) is 0 Å². The zero-order valence-electron chi connectivity index (χ0n) is 21.7. The van der Waals surface area contributed by atoms with Crippen LogP contribution in [-0.2, 0) is 40.5 Å². The first-order valence-electron chi connectivity index (χ1n) is 12.9. The smallest absolute Gasteiger partial charge is 0.345 e. The van der Waals surface area contributed by atoms with Crippen molar-refractivity contribution < 1.29 is 63.7 Å². The van der Waals surface area contributed by atoms with Gasteiger partial charge in [-0.05, 0) is 55.2 Å². The standard InChI is InChI=1S/C27H30O13/c1-11-5-7-26-18-12-3-4-14(37-2)21(18)40-22(26)15(6-8-27(26,36)13(11)9-12)38-17(28)10-16(23(31)32)39-25(35)20(30)19(29)24(33)34/h3-4,6,11,13,16,19-20,22,29-30,36H,5,7-10H2,1-2H3,(H,31,32)(H,33,34)/t11?,13-,16-,19+,20+,22-,26-,27+/m0/s1. The van der Waals surface area contributed by atoms with E-state index in [1.165, 1.54) is 7.11 Å². The summed E-state index contributed by atoms with van der Waals surface area (Å²) >= 11 is 0. The van der Waals surface area contributed by atoms with E-state index in [-0.39, 0.29) is 24.0 Å². The molecule has 13 heteroatoms. The Hall–Kier alpha value is -3.68. The lowest BCUT2D eigenvalue weighted by Gasteiger charge is -2.61. The van der Waals surface area contributed by atoms with E-state index >= 15 is 0 Å². The van der Waals surface area contributed by atoms with Crippen LogP contribution in [0, 0.1) is 11.8 Å². The molecule has 2 bridgehead atoms. The van der Waals surface area contributed by atoms with E-state index in [0.29, 0.717) is 24.3 Å². The van der Waals surface area contributed by atoms with E-state index in [1.54, 1.807) is 12.1 Å². The van der Waals surface area contributed by atoms with Crippen LogP contribution in [0.1, 0.15) is 43.7 Å². The van der Waals surface area contributed by atoms with E-state index in [4.69, 9.17) is 19.3 Å². The number of aliphatic hydroxyl groups is 3. The summed E-state index contributed by atoms with van der Waals surface area (Å²) in [5, 5.41) is 49.3. The van der Waals surface area contributed by atoms with Crippen molar-refractivity contribution in [2.24, 2.45) is 11.8 Å². The van der Waals surface area contributed by atoms with Gasteiger partial charge in [0, 0.05) is 5.56 Å². The third-order valence-corrected chi connectivity index (χ3v) is 8.85. The van der Waals surface area contributed by atoms with Crippen LogP contribution >= 0.6 is 0 Å². The Balaban J connectivity index is 1.41.